The van der Waals surface area contributed by atoms with Crippen LogP contribution in [0.3, 0.4) is 0 Å². The van der Waals surface area contributed by atoms with E-state index in [1.807, 2.05) is 0 Å². The van der Waals surface area contributed by atoms with E-state index >= 15 is 0 Å². The van der Waals surface area contributed by atoms with E-state index in [9.17, 15) is 9.59 Å². The van der Waals surface area contributed by atoms with Crippen molar-refractivity contribution < 1.29 is 9.59 Å². The molecule has 0 unspecified atom stereocenters. The fourth-order valence-corrected chi connectivity index (χ4v) is 1.98. The minimum Gasteiger partial charge on any atom is -0.288 e. The fourth-order valence-electron chi connectivity index (χ4n) is 0.730. The molecule has 0 aromatic carbocycles. The second-order valence-corrected chi connectivity index (χ2v) is 4.19. The van der Waals surface area contributed by atoms with Crippen LogP contribution in [0, 0.1) is 0 Å². The third-order valence-corrected chi connectivity index (χ3v) is 3.76. The highest BCUT2D eigenvalue weighted by Gasteiger charge is 2.28. The van der Waals surface area contributed by atoms with Crippen LogP contribution in [0.5, 0.6) is 0 Å². The summed E-state index contributed by atoms with van der Waals surface area (Å²) in [6.07, 6.45) is 0. The Bertz CT molecular complexity index is 279. The molecule has 1 aliphatic rings. The first-order valence-corrected chi connectivity index (χ1v) is 4.94. The second-order valence-electron chi connectivity index (χ2n) is 2.23. The predicted molar refractivity (Wildman–Crippen MR) is 53.4 cm³/mol. The molecule has 0 aromatic rings. The molecule has 0 saturated heterocycles. The van der Waals surface area contributed by atoms with Gasteiger partial charge in [-0.1, -0.05) is 11.6 Å². The highest BCUT2D eigenvalue weighted by Crippen LogP contribution is 2.32. The molecule has 0 amide bonds. The van der Waals surface area contributed by atoms with Crippen molar-refractivity contribution in [3.63, 3.8) is 0 Å². The van der Waals surface area contributed by atoms with Gasteiger partial charge in [0.2, 0.25) is 11.6 Å². The Kier molecular flexibility index (Phi) is 2.91. The van der Waals surface area contributed by atoms with Gasteiger partial charge in [0.05, 0.1) is 8.96 Å². The average molecular weight is 314 g/mol. The quantitative estimate of drug-likeness (QED) is 0.644. The zero-order chi connectivity index (χ0) is 9.46. The fraction of sp³-hybridized carbons (Fsp3) is 0.143. The summed E-state index contributed by atoms with van der Waals surface area (Å²) in [5.41, 5.74) is 0.341. The van der Waals surface area contributed by atoms with Gasteiger partial charge in [0.15, 0.2) is 0 Å². The maximum absolute atomic E-state index is 11.2. The van der Waals surface area contributed by atoms with Crippen molar-refractivity contribution in [2.24, 2.45) is 0 Å². The van der Waals surface area contributed by atoms with E-state index in [2.05, 4.69) is 31.9 Å². The molecular weight excluding hydrogens is 311 g/mol. The molecule has 0 N–H and O–H groups in total. The number of hydrogen-bond acceptors (Lipinski definition) is 2. The normalized spacial score (nSPS) is 19.3. The summed E-state index contributed by atoms with van der Waals surface area (Å²) in [5, 5.41) is -0.0549. The third kappa shape index (κ3) is 1.43. The molecular formula is C7H3Br2ClO2. The van der Waals surface area contributed by atoms with Crippen LogP contribution in [-0.2, 0) is 9.59 Å². The van der Waals surface area contributed by atoms with E-state index in [0.29, 0.717) is 5.57 Å². The number of halogens is 3. The van der Waals surface area contributed by atoms with E-state index in [1.54, 1.807) is 6.92 Å². The molecule has 0 radical (unpaired) electrons. The Hall–Kier alpha value is 0.0700. The largest absolute Gasteiger partial charge is 0.288 e. The van der Waals surface area contributed by atoms with Crippen molar-refractivity contribution in [1.82, 2.24) is 0 Å². The molecule has 0 heterocycles. The molecule has 1 rings (SSSR count). The standard InChI is InChI=1S/C7H3Br2ClO2/c1-2-3(8)7(12)4(9)5(10)6(2)11/h1H3. The molecule has 0 spiro atoms. The number of carbonyl (C=O) groups is 2. The number of carbonyl (C=O) groups excluding carboxylic acids is 2. The summed E-state index contributed by atoms with van der Waals surface area (Å²) < 4.78 is 0.385. The van der Waals surface area contributed by atoms with Gasteiger partial charge < -0.3 is 0 Å². The number of rotatable bonds is 0. The molecule has 0 saturated carbocycles. The van der Waals surface area contributed by atoms with Crippen LogP contribution in [0.2, 0.25) is 0 Å². The van der Waals surface area contributed by atoms with E-state index in [0.717, 1.165) is 0 Å². The highest BCUT2D eigenvalue weighted by atomic mass is 79.9. The summed E-state index contributed by atoms with van der Waals surface area (Å²) in [5.74, 6) is -0.618. The Morgan fingerprint density at radius 2 is 1.58 bits per heavy atom. The Balaban J connectivity index is 3.32. The Morgan fingerprint density at radius 1 is 1.08 bits per heavy atom. The average Bonchev–Trinajstić information content (AvgIpc) is 2.08. The summed E-state index contributed by atoms with van der Waals surface area (Å²) in [6, 6.07) is 0. The first-order valence-electron chi connectivity index (χ1n) is 2.98. The van der Waals surface area contributed by atoms with Gasteiger partial charge in [-0.15, -0.1) is 0 Å². The van der Waals surface area contributed by atoms with Gasteiger partial charge in [-0.25, -0.2) is 0 Å². The van der Waals surface area contributed by atoms with Gasteiger partial charge in [0.25, 0.3) is 0 Å². The van der Waals surface area contributed by atoms with E-state index in [1.165, 1.54) is 0 Å². The van der Waals surface area contributed by atoms with Crippen molar-refractivity contribution >= 4 is 55.0 Å². The molecule has 12 heavy (non-hydrogen) atoms. The lowest BCUT2D eigenvalue weighted by Crippen LogP contribution is -2.15. The molecule has 1 aliphatic carbocycles. The lowest BCUT2D eigenvalue weighted by Gasteiger charge is -2.10. The summed E-state index contributed by atoms with van der Waals surface area (Å²) in [6.45, 7) is 1.55. The van der Waals surface area contributed by atoms with Crippen LogP contribution in [0.1, 0.15) is 6.92 Å². The monoisotopic (exact) mass is 312 g/mol. The van der Waals surface area contributed by atoms with Crippen LogP contribution in [0.25, 0.3) is 0 Å². The van der Waals surface area contributed by atoms with Gasteiger partial charge in [-0.2, -0.15) is 0 Å². The number of ketones is 2. The number of hydrogen-bond donors (Lipinski definition) is 0. The van der Waals surface area contributed by atoms with Gasteiger partial charge >= 0.3 is 0 Å². The van der Waals surface area contributed by atoms with E-state index in [-0.39, 0.29) is 25.6 Å². The SMILES string of the molecule is CC1=C(Br)C(=O)C(Br)=C(Cl)C1=O. The van der Waals surface area contributed by atoms with Gasteiger partial charge in [-0.3, -0.25) is 9.59 Å². The van der Waals surface area contributed by atoms with Crippen LogP contribution in [0.15, 0.2) is 19.6 Å². The molecule has 0 fully saturated rings. The van der Waals surface area contributed by atoms with Crippen LogP contribution in [-0.4, -0.2) is 11.6 Å². The molecule has 0 atom stereocenters. The van der Waals surface area contributed by atoms with Crippen molar-refractivity contribution in [1.29, 1.82) is 0 Å². The zero-order valence-electron chi connectivity index (χ0n) is 5.95. The lowest BCUT2D eigenvalue weighted by atomic mass is 10.1. The molecule has 0 aliphatic heterocycles. The van der Waals surface area contributed by atoms with Gasteiger partial charge in [0.1, 0.15) is 5.03 Å². The number of Topliss-reactive ketones (excluding diaryl/α,β-unsaturated/α-hetero) is 2. The van der Waals surface area contributed by atoms with Crippen LogP contribution < -0.4 is 0 Å². The van der Waals surface area contributed by atoms with Gasteiger partial charge in [-0.05, 0) is 38.8 Å². The summed E-state index contributed by atoms with van der Waals surface area (Å²) in [4.78, 5) is 22.5. The van der Waals surface area contributed by atoms with Gasteiger partial charge in [0, 0.05) is 5.57 Å². The van der Waals surface area contributed by atoms with E-state index in [4.69, 9.17) is 11.6 Å². The zero-order valence-corrected chi connectivity index (χ0v) is 9.88. The van der Waals surface area contributed by atoms with Crippen LogP contribution >= 0.6 is 43.5 Å². The Morgan fingerprint density at radius 3 is 2.08 bits per heavy atom. The number of allylic oxidation sites excluding steroid dienone is 4. The molecule has 2 nitrogen and oxygen atoms in total. The van der Waals surface area contributed by atoms with Crippen molar-refractivity contribution in [3.05, 3.63) is 19.6 Å². The lowest BCUT2D eigenvalue weighted by molar-refractivity contribution is -0.115. The smallest absolute Gasteiger partial charge is 0.208 e. The van der Waals surface area contributed by atoms with Crippen molar-refractivity contribution in [3.8, 4) is 0 Å². The highest BCUT2D eigenvalue weighted by molar-refractivity contribution is 9.13. The molecule has 5 heteroatoms. The van der Waals surface area contributed by atoms with E-state index < -0.39 is 0 Å². The summed E-state index contributed by atoms with van der Waals surface area (Å²) in [7, 11) is 0. The molecule has 0 bridgehead atoms. The third-order valence-electron chi connectivity index (χ3n) is 1.46. The van der Waals surface area contributed by atoms with Crippen LogP contribution in [0.4, 0.5) is 0 Å². The second kappa shape index (κ2) is 3.44. The topological polar surface area (TPSA) is 34.1 Å². The minimum absolute atomic E-state index is 0.0549. The molecule has 0 aromatic heterocycles. The maximum Gasteiger partial charge on any atom is 0.208 e. The van der Waals surface area contributed by atoms with Crippen molar-refractivity contribution in [2.45, 2.75) is 6.92 Å². The molecule has 64 valence electrons. The summed E-state index contributed by atoms with van der Waals surface area (Å²) >= 11 is 11.5. The van der Waals surface area contributed by atoms with Crippen molar-refractivity contribution in [2.75, 3.05) is 0 Å². The Labute approximate surface area is 90.9 Å². The first kappa shape index (κ1) is 10.2. The maximum atomic E-state index is 11.2. The predicted octanol–water partition coefficient (Wildman–Crippen LogP) is 2.65. The minimum atomic E-state index is -0.324. The first-order chi connectivity index (χ1) is 5.46.